The molecule has 1 heterocycles. The van der Waals surface area contributed by atoms with Crippen LogP contribution in [-0.2, 0) is 10.4 Å². The van der Waals surface area contributed by atoms with Gasteiger partial charge in [0.1, 0.15) is 18.1 Å². The number of carbonyl (C=O) groups excluding carboxylic acids is 2. The molecule has 158 valence electrons. The maximum absolute atomic E-state index is 13.3. The molecule has 2 N–H and O–H groups in total. The third kappa shape index (κ3) is 3.78. The molecule has 31 heavy (non-hydrogen) atoms. The number of ether oxygens (including phenoxy) is 1. The summed E-state index contributed by atoms with van der Waals surface area (Å²) in [5.41, 5.74) is -0.0189. The predicted molar refractivity (Wildman–Crippen MR) is 116 cm³/mol. The van der Waals surface area contributed by atoms with E-state index in [0.29, 0.717) is 11.3 Å². The Kier molecular flexibility index (Phi) is 5.48. The zero-order chi connectivity index (χ0) is 22.0. The molecule has 6 heteroatoms. The van der Waals surface area contributed by atoms with Crippen LogP contribution in [0, 0.1) is 6.92 Å². The molecule has 3 aromatic carbocycles. The lowest BCUT2D eigenvalue weighted by atomic mass is 9.88. The Morgan fingerprint density at radius 2 is 1.68 bits per heavy atom. The summed E-state index contributed by atoms with van der Waals surface area (Å²) in [6.45, 7) is 2.39. The van der Waals surface area contributed by atoms with E-state index in [9.17, 15) is 19.8 Å². The predicted octanol–water partition coefficient (Wildman–Crippen LogP) is 3.59. The molecule has 4 rings (SSSR count). The SMILES string of the molecule is Cc1ccccc1OCCN1C(=O)[C@@](O)(CC(=O)c2ccccc2O)c2ccccc21. The van der Waals surface area contributed by atoms with Crippen LogP contribution in [0.15, 0.2) is 72.8 Å². The van der Waals surface area contributed by atoms with Crippen LogP contribution in [0.4, 0.5) is 5.69 Å². The van der Waals surface area contributed by atoms with E-state index in [0.717, 1.165) is 11.3 Å². The number of nitrogens with zero attached hydrogens (tertiary/aromatic N) is 1. The molecule has 6 nitrogen and oxygen atoms in total. The summed E-state index contributed by atoms with van der Waals surface area (Å²) in [5.74, 6) is -0.543. The lowest BCUT2D eigenvalue weighted by molar-refractivity contribution is -0.135. The number of hydrogen-bond acceptors (Lipinski definition) is 5. The lowest BCUT2D eigenvalue weighted by Gasteiger charge is -2.23. The molecule has 0 aromatic heterocycles. The number of carbonyl (C=O) groups is 2. The summed E-state index contributed by atoms with van der Waals surface area (Å²) in [7, 11) is 0. The van der Waals surface area contributed by atoms with Gasteiger partial charge in [0.2, 0.25) is 0 Å². The number of benzene rings is 3. The number of para-hydroxylation sites is 3. The van der Waals surface area contributed by atoms with Gasteiger partial charge in [0.05, 0.1) is 24.2 Å². The average Bonchev–Trinajstić information content (AvgIpc) is 2.97. The number of ketones is 1. The van der Waals surface area contributed by atoms with Gasteiger partial charge in [-0.15, -0.1) is 0 Å². The highest BCUT2D eigenvalue weighted by Crippen LogP contribution is 2.43. The highest BCUT2D eigenvalue weighted by atomic mass is 16.5. The first kappa shape index (κ1) is 20.6. The monoisotopic (exact) mass is 417 g/mol. The van der Waals surface area contributed by atoms with E-state index in [1.807, 2.05) is 31.2 Å². The highest BCUT2D eigenvalue weighted by molar-refractivity contribution is 6.11. The smallest absolute Gasteiger partial charge is 0.264 e. The molecule has 0 spiro atoms. The van der Waals surface area contributed by atoms with Crippen molar-refractivity contribution in [3.05, 3.63) is 89.5 Å². The maximum Gasteiger partial charge on any atom is 0.264 e. The minimum atomic E-state index is -2.00. The van der Waals surface area contributed by atoms with Gasteiger partial charge in [0.25, 0.3) is 5.91 Å². The normalized spacial score (nSPS) is 17.5. The number of aryl methyl sites for hydroxylation is 1. The number of Topliss-reactive ketones (excluding diaryl/α,β-unsaturated/α-hetero) is 1. The summed E-state index contributed by atoms with van der Waals surface area (Å²) >= 11 is 0. The summed E-state index contributed by atoms with van der Waals surface area (Å²) < 4.78 is 5.82. The molecule has 1 atom stereocenters. The topological polar surface area (TPSA) is 87.1 Å². The second kappa shape index (κ2) is 8.24. The molecule has 3 aromatic rings. The van der Waals surface area contributed by atoms with Crippen molar-refractivity contribution in [2.45, 2.75) is 18.9 Å². The van der Waals surface area contributed by atoms with Crippen LogP contribution in [0.5, 0.6) is 11.5 Å². The Morgan fingerprint density at radius 3 is 2.45 bits per heavy atom. The molecule has 1 amide bonds. The Balaban J connectivity index is 1.56. The summed E-state index contributed by atoms with van der Waals surface area (Å²) in [4.78, 5) is 27.5. The first-order chi connectivity index (χ1) is 14.9. The van der Waals surface area contributed by atoms with E-state index < -0.39 is 23.7 Å². The van der Waals surface area contributed by atoms with Crippen LogP contribution in [0.1, 0.15) is 27.9 Å². The number of hydrogen-bond donors (Lipinski definition) is 2. The van der Waals surface area contributed by atoms with Crippen molar-refractivity contribution in [3.63, 3.8) is 0 Å². The second-order valence-electron chi connectivity index (χ2n) is 7.57. The first-order valence-electron chi connectivity index (χ1n) is 10.1. The minimum Gasteiger partial charge on any atom is -0.507 e. The van der Waals surface area contributed by atoms with E-state index in [1.54, 1.807) is 36.4 Å². The molecule has 0 radical (unpaired) electrons. The van der Waals surface area contributed by atoms with E-state index in [2.05, 4.69) is 0 Å². The molecule has 0 saturated heterocycles. The molecule has 0 fully saturated rings. The van der Waals surface area contributed by atoms with Gasteiger partial charge in [-0.1, -0.05) is 48.5 Å². The standard InChI is InChI=1S/C25H23NO5/c1-17-8-2-7-13-23(17)31-15-14-26-20-11-5-4-10-19(20)25(30,24(26)29)16-22(28)18-9-3-6-12-21(18)27/h2-13,27,30H,14-16H2,1H3/t25-/m1/s1. The minimum absolute atomic E-state index is 0.0718. The van der Waals surface area contributed by atoms with Gasteiger partial charge in [0.15, 0.2) is 11.4 Å². The lowest BCUT2D eigenvalue weighted by Crippen LogP contribution is -2.43. The fourth-order valence-electron chi connectivity index (χ4n) is 3.90. The number of amides is 1. The Morgan fingerprint density at radius 1 is 1.00 bits per heavy atom. The zero-order valence-electron chi connectivity index (χ0n) is 17.1. The number of anilines is 1. The van der Waals surface area contributed by atoms with Crippen molar-refractivity contribution in [3.8, 4) is 11.5 Å². The largest absolute Gasteiger partial charge is 0.507 e. The fourth-order valence-corrected chi connectivity index (χ4v) is 3.90. The van der Waals surface area contributed by atoms with Crippen LogP contribution in [0.2, 0.25) is 0 Å². The van der Waals surface area contributed by atoms with Crippen molar-refractivity contribution < 1.29 is 24.5 Å². The highest BCUT2D eigenvalue weighted by Gasteiger charge is 2.50. The summed E-state index contributed by atoms with van der Waals surface area (Å²) in [6.07, 6.45) is -0.463. The summed E-state index contributed by atoms with van der Waals surface area (Å²) in [5, 5.41) is 21.3. The second-order valence-corrected chi connectivity index (χ2v) is 7.57. The number of aromatic hydroxyl groups is 1. The van der Waals surface area contributed by atoms with Crippen molar-refractivity contribution in [2.75, 3.05) is 18.1 Å². The molecular formula is C25H23NO5. The molecule has 0 aliphatic carbocycles. The van der Waals surface area contributed by atoms with Gasteiger partial charge in [-0.2, -0.15) is 0 Å². The molecule has 0 unspecified atom stereocenters. The van der Waals surface area contributed by atoms with Gasteiger partial charge in [-0.25, -0.2) is 0 Å². The number of aliphatic hydroxyl groups is 1. The van der Waals surface area contributed by atoms with Crippen LogP contribution in [-0.4, -0.2) is 35.1 Å². The number of rotatable bonds is 7. The fraction of sp³-hybridized carbons (Fsp3) is 0.200. The number of fused-ring (bicyclic) bond motifs is 1. The van der Waals surface area contributed by atoms with Gasteiger partial charge >= 0.3 is 0 Å². The third-order valence-electron chi connectivity index (χ3n) is 5.53. The van der Waals surface area contributed by atoms with E-state index in [-0.39, 0.29) is 24.5 Å². The van der Waals surface area contributed by atoms with Crippen molar-refractivity contribution in [1.82, 2.24) is 0 Å². The Hall–Kier alpha value is -3.64. The number of phenolic OH excluding ortho intramolecular Hbond substituents is 1. The van der Waals surface area contributed by atoms with E-state index in [1.165, 1.54) is 17.0 Å². The third-order valence-corrected chi connectivity index (χ3v) is 5.53. The van der Waals surface area contributed by atoms with Crippen molar-refractivity contribution in [2.24, 2.45) is 0 Å². The quantitative estimate of drug-likeness (QED) is 0.574. The Labute approximate surface area is 180 Å². The number of phenols is 1. The summed E-state index contributed by atoms with van der Waals surface area (Å²) in [6, 6.07) is 20.6. The first-order valence-corrected chi connectivity index (χ1v) is 10.1. The van der Waals surface area contributed by atoms with Crippen LogP contribution in [0.3, 0.4) is 0 Å². The van der Waals surface area contributed by atoms with E-state index >= 15 is 0 Å². The van der Waals surface area contributed by atoms with Crippen molar-refractivity contribution >= 4 is 17.4 Å². The van der Waals surface area contributed by atoms with Crippen LogP contribution >= 0.6 is 0 Å². The zero-order valence-corrected chi connectivity index (χ0v) is 17.1. The van der Waals surface area contributed by atoms with Crippen LogP contribution < -0.4 is 9.64 Å². The Bertz CT molecular complexity index is 1140. The van der Waals surface area contributed by atoms with Crippen LogP contribution in [0.25, 0.3) is 0 Å². The van der Waals surface area contributed by atoms with Crippen molar-refractivity contribution in [1.29, 1.82) is 0 Å². The molecule has 1 aliphatic rings. The average molecular weight is 417 g/mol. The molecule has 1 aliphatic heterocycles. The van der Waals surface area contributed by atoms with Gasteiger partial charge in [-0.3, -0.25) is 9.59 Å². The maximum atomic E-state index is 13.3. The molecule has 0 saturated carbocycles. The molecule has 0 bridgehead atoms. The van der Waals surface area contributed by atoms with Gasteiger partial charge in [-0.05, 0) is 36.8 Å². The van der Waals surface area contributed by atoms with E-state index in [4.69, 9.17) is 4.74 Å². The molecular weight excluding hydrogens is 394 g/mol. The van der Waals surface area contributed by atoms with Gasteiger partial charge < -0.3 is 19.8 Å². The van der Waals surface area contributed by atoms with Gasteiger partial charge in [0, 0.05) is 5.56 Å².